The third kappa shape index (κ3) is 5.64. The van der Waals surface area contributed by atoms with Crippen molar-refractivity contribution in [2.75, 3.05) is 7.11 Å². The lowest BCUT2D eigenvalue weighted by atomic mass is 9.76. The van der Waals surface area contributed by atoms with Crippen LogP contribution < -0.4 is 4.74 Å². The number of Topliss-reactive ketones (excluding diaryl/α,β-unsaturated/α-hetero) is 2. The molecule has 0 saturated carbocycles. The minimum Gasteiger partial charge on any atom is -0.497 e. The summed E-state index contributed by atoms with van der Waals surface area (Å²) < 4.78 is 5.53. The zero-order valence-corrected chi connectivity index (χ0v) is 24.6. The van der Waals surface area contributed by atoms with Gasteiger partial charge in [-0.05, 0) is 69.2 Å². The molecule has 0 spiro atoms. The molecule has 5 aromatic rings. The highest BCUT2D eigenvalue weighted by Gasteiger charge is 2.35. The molecule has 0 bridgehead atoms. The smallest absolute Gasteiger partial charge is 0.173 e. The van der Waals surface area contributed by atoms with Gasteiger partial charge in [0.2, 0.25) is 0 Å². The highest BCUT2D eigenvalue weighted by molar-refractivity contribution is 6.08. The summed E-state index contributed by atoms with van der Waals surface area (Å²) in [5.41, 5.74) is 4.31. The molecule has 3 aromatic carbocycles. The van der Waals surface area contributed by atoms with E-state index in [4.69, 9.17) is 4.74 Å². The Morgan fingerprint density at radius 3 is 1.31 bits per heavy atom. The number of carbonyl (C=O) groups excluding carboxylic acids is 2. The monoisotopic (exact) mass is 554 g/mol. The summed E-state index contributed by atoms with van der Waals surface area (Å²) in [5, 5.41) is 0. The first-order valence-electron chi connectivity index (χ1n) is 13.9. The fraction of sp³-hybridized carbons (Fsp3) is 0.189. The van der Waals surface area contributed by atoms with Gasteiger partial charge in [0.25, 0.3) is 0 Å². The molecule has 210 valence electrons. The van der Waals surface area contributed by atoms with E-state index >= 15 is 0 Å². The van der Waals surface area contributed by atoms with Gasteiger partial charge in [-0.25, -0.2) is 0 Å². The van der Waals surface area contributed by atoms with Gasteiger partial charge in [-0.2, -0.15) is 0 Å². The Kier molecular flexibility index (Phi) is 7.86. The van der Waals surface area contributed by atoms with Gasteiger partial charge >= 0.3 is 0 Å². The number of methoxy groups -OCH3 is 1. The van der Waals surface area contributed by atoms with Crippen LogP contribution in [0.4, 0.5) is 0 Å². The molecular weight excluding hydrogens is 520 g/mol. The van der Waals surface area contributed by atoms with Crippen molar-refractivity contribution in [2.45, 2.75) is 38.5 Å². The standard InChI is InChI=1S/C37H34N2O3/c1-36(2,29-16-18-32(38-23-29)25-12-8-6-9-13-25)34(40)27-20-28(22-31(21-27)42-5)35(41)37(3,4)30-17-19-33(39-24-30)26-14-10-7-11-15-26/h6-24H,1-5H3. The van der Waals surface area contributed by atoms with Crippen molar-refractivity contribution in [3.05, 3.63) is 138 Å². The highest BCUT2D eigenvalue weighted by Crippen LogP contribution is 2.34. The van der Waals surface area contributed by atoms with Crippen LogP contribution >= 0.6 is 0 Å². The molecule has 0 fully saturated rings. The summed E-state index contributed by atoms with van der Waals surface area (Å²) in [6.07, 6.45) is 3.50. The zero-order chi connectivity index (χ0) is 29.9. The number of rotatable bonds is 9. The number of hydrogen-bond acceptors (Lipinski definition) is 5. The lowest BCUT2D eigenvalue weighted by molar-refractivity contribution is 0.0906. The van der Waals surface area contributed by atoms with Gasteiger partial charge in [0.1, 0.15) is 5.75 Å². The van der Waals surface area contributed by atoms with Crippen molar-refractivity contribution in [3.63, 3.8) is 0 Å². The Morgan fingerprint density at radius 1 is 0.571 bits per heavy atom. The predicted octanol–water partition coefficient (Wildman–Crippen LogP) is 8.14. The molecule has 0 N–H and O–H groups in total. The maximum atomic E-state index is 14.0. The number of benzene rings is 3. The number of pyridine rings is 2. The van der Waals surface area contributed by atoms with Crippen LogP contribution in [0.1, 0.15) is 59.5 Å². The topological polar surface area (TPSA) is 69.2 Å². The van der Waals surface area contributed by atoms with Crippen molar-refractivity contribution in [3.8, 4) is 28.3 Å². The molecule has 0 aliphatic heterocycles. The van der Waals surface area contributed by atoms with Crippen molar-refractivity contribution in [2.24, 2.45) is 0 Å². The first kappa shape index (κ1) is 28.6. The number of carbonyl (C=O) groups is 2. The minimum atomic E-state index is -0.887. The van der Waals surface area contributed by atoms with Crippen LogP contribution in [0.3, 0.4) is 0 Å². The van der Waals surface area contributed by atoms with Gasteiger partial charge in [0.15, 0.2) is 11.6 Å². The number of aromatic nitrogens is 2. The van der Waals surface area contributed by atoms with Crippen molar-refractivity contribution >= 4 is 11.6 Å². The summed E-state index contributed by atoms with van der Waals surface area (Å²) in [7, 11) is 1.53. The van der Waals surface area contributed by atoms with Crippen molar-refractivity contribution < 1.29 is 14.3 Å². The lowest BCUT2D eigenvalue weighted by Gasteiger charge is -2.26. The summed E-state index contributed by atoms with van der Waals surface area (Å²) in [4.78, 5) is 37.2. The second kappa shape index (κ2) is 11.5. The molecule has 0 amide bonds. The fourth-order valence-corrected chi connectivity index (χ4v) is 5.05. The fourth-order valence-electron chi connectivity index (χ4n) is 5.05. The molecule has 0 aliphatic rings. The van der Waals surface area contributed by atoms with E-state index in [1.807, 2.05) is 113 Å². The molecule has 0 saturated heterocycles. The van der Waals surface area contributed by atoms with Gasteiger partial charge < -0.3 is 4.74 Å². The molecule has 5 heteroatoms. The quantitative estimate of drug-likeness (QED) is 0.172. The average Bonchev–Trinajstić information content (AvgIpc) is 3.04. The Balaban J connectivity index is 1.43. The second-order valence-corrected chi connectivity index (χ2v) is 11.5. The van der Waals surface area contributed by atoms with Gasteiger partial charge in [0, 0.05) is 34.6 Å². The van der Waals surface area contributed by atoms with Crippen LogP contribution in [0.2, 0.25) is 0 Å². The van der Waals surface area contributed by atoms with E-state index in [0.29, 0.717) is 16.9 Å². The zero-order valence-electron chi connectivity index (χ0n) is 24.6. The normalized spacial score (nSPS) is 11.6. The first-order valence-corrected chi connectivity index (χ1v) is 13.9. The Labute approximate surface area is 247 Å². The molecular formula is C37H34N2O3. The van der Waals surface area contributed by atoms with Crippen LogP contribution in [0.15, 0.2) is 116 Å². The van der Waals surface area contributed by atoms with Crippen LogP contribution in [0.5, 0.6) is 5.75 Å². The van der Waals surface area contributed by atoms with Crippen LogP contribution in [0, 0.1) is 0 Å². The van der Waals surface area contributed by atoms with E-state index in [2.05, 4.69) is 9.97 Å². The Morgan fingerprint density at radius 2 is 0.976 bits per heavy atom. The van der Waals surface area contributed by atoms with E-state index in [9.17, 15) is 9.59 Å². The van der Waals surface area contributed by atoms with E-state index < -0.39 is 10.8 Å². The summed E-state index contributed by atoms with van der Waals surface area (Å²) in [6.45, 7) is 7.50. The van der Waals surface area contributed by atoms with Crippen LogP contribution in [-0.2, 0) is 10.8 Å². The molecule has 0 aliphatic carbocycles. The van der Waals surface area contributed by atoms with Gasteiger partial charge in [-0.1, -0.05) is 72.8 Å². The summed E-state index contributed by atoms with van der Waals surface area (Å²) >= 11 is 0. The highest BCUT2D eigenvalue weighted by atomic mass is 16.5. The first-order chi connectivity index (χ1) is 20.1. The SMILES string of the molecule is COc1cc(C(=O)C(C)(C)c2ccc(-c3ccccc3)nc2)cc(C(=O)C(C)(C)c2ccc(-c3ccccc3)nc2)c1. The third-order valence-electron chi connectivity index (χ3n) is 7.91. The van der Waals surface area contributed by atoms with E-state index in [1.54, 1.807) is 30.6 Å². The molecule has 5 nitrogen and oxygen atoms in total. The Bertz CT molecular complexity index is 1580. The predicted molar refractivity (Wildman–Crippen MR) is 167 cm³/mol. The molecule has 0 atom stereocenters. The largest absolute Gasteiger partial charge is 0.497 e. The van der Waals surface area contributed by atoms with Crippen LogP contribution in [0.25, 0.3) is 22.5 Å². The van der Waals surface area contributed by atoms with Crippen molar-refractivity contribution in [1.29, 1.82) is 0 Å². The summed E-state index contributed by atoms with van der Waals surface area (Å²) in [6, 6.07) is 32.6. The molecule has 2 aromatic heterocycles. The molecule has 0 radical (unpaired) electrons. The minimum absolute atomic E-state index is 0.128. The third-order valence-corrected chi connectivity index (χ3v) is 7.91. The summed E-state index contributed by atoms with van der Waals surface area (Å²) in [5.74, 6) is 0.193. The van der Waals surface area contributed by atoms with E-state index in [-0.39, 0.29) is 11.6 Å². The average molecular weight is 555 g/mol. The number of nitrogens with zero attached hydrogens (tertiary/aromatic N) is 2. The Hall–Kier alpha value is -4.90. The van der Waals surface area contributed by atoms with Gasteiger partial charge in [-0.3, -0.25) is 19.6 Å². The van der Waals surface area contributed by atoms with Crippen LogP contribution in [-0.4, -0.2) is 28.6 Å². The lowest BCUT2D eigenvalue weighted by Crippen LogP contribution is -2.31. The number of ketones is 2. The van der Waals surface area contributed by atoms with Crippen molar-refractivity contribution in [1.82, 2.24) is 9.97 Å². The van der Waals surface area contributed by atoms with E-state index in [0.717, 1.165) is 33.6 Å². The molecule has 42 heavy (non-hydrogen) atoms. The maximum Gasteiger partial charge on any atom is 0.173 e. The van der Waals surface area contributed by atoms with Gasteiger partial charge in [-0.15, -0.1) is 0 Å². The maximum absolute atomic E-state index is 14.0. The second-order valence-electron chi connectivity index (χ2n) is 11.5. The molecule has 0 unspecified atom stereocenters. The number of hydrogen-bond donors (Lipinski definition) is 0. The molecule has 2 heterocycles. The number of ether oxygens (including phenoxy) is 1. The molecule has 5 rings (SSSR count). The van der Waals surface area contributed by atoms with Gasteiger partial charge in [0.05, 0.1) is 29.3 Å². The van der Waals surface area contributed by atoms with E-state index in [1.165, 1.54) is 7.11 Å².